The molecule has 34 heavy (non-hydrogen) atoms. The largest absolute Gasteiger partial charge is 0.493 e. The van der Waals surface area contributed by atoms with Gasteiger partial charge in [0.05, 0.1) is 23.7 Å². The number of ether oxygens (including phenoxy) is 3. The molecule has 0 aliphatic carbocycles. The van der Waals surface area contributed by atoms with E-state index in [1.165, 1.54) is 5.57 Å². The van der Waals surface area contributed by atoms with Crippen LogP contribution in [0.15, 0.2) is 42.5 Å². The third-order valence-corrected chi connectivity index (χ3v) is 6.10. The highest BCUT2D eigenvalue weighted by Gasteiger charge is 2.29. The van der Waals surface area contributed by atoms with E-state index in [1.807, 2.05) is 50.2 Å². The van der Waals surface area contributed by atoms with Crippen molar-refractivity contribution >= 4 is 23.1 Å². The molecule has 0 saturated heterocycles. The average Bonchev–Trinajstić information content (AvgIpc) is 2.74. The topological polar surface area (TPSA) is 65.0 Å². The lowest BCUT2D eigenvalue weighted by atomic mass is 9.86. The molecule has 1 aliphatic heterocycles. The molecule has 2 aromatic carbocycles. The van der Waals surface area contributed by atoms with Gasteiger partial charge >= 0.3 is 5.97 Å². The second-order valence-corrected chi connectivity index (χ2v) is 10.7. The molecule has 0 radical (unpaired) electrons. The maximum absolute atomic E-state index is 11.3. The zero-order chi connectivity index (χ0) is 25.1. The number of hydrogen-bond acceptors (Lipinski definition) is 4. The van der Waals surface area contributed by atoms with Crippen molar-refractivity contribution in [3.8, 4) is 17.2 Å². The summed E-state index contributed by atoms with van der Waals surface area (Å²) in [6, 6.07) is 11.4. The molecule has 0 bridgehead atoms. The molecule has 5 nitrogen and oxygen atoms in total. The van der Waals surface area contributed by atoms with E-state index < -0.39 is 11.4 Å². The summed E-state index contributed by atoms with van der Waals surface area (Å²) in [6.45, 7) is 12.8. The highest BCUT2D eigenvalue weighted by atomic mass is 35.5. The van der Waals surface area contributed by atoms with Crippen molar-refractivity contribution in [2.45, 2.75) is 60.0 Å². The van der Waals surface area contributed by atoms with Crippen LogP contribution in [0.4, 0.5) is 0 Å². The Labute approximate surface area is 207 Å². The number of carbonyl (C=O) groups is 1. The van der Waals surface area contributed by atoms with Crippen LogP contribution in [0.1, 0.15) is 59.1 Å². The van der Waals surface area contributed by atoms with Crippen molar-refractivity contribution < 1.29 is 24.1 Å². The van der Waals surface area contributed by atoms with E-state index >= 15 is 0 Å². The van der Waals surface area contributed by atoms with Crippen LogP contribution in [0.25, 0.3) is 5.57 Å². The maximum atomic E-state index is 11.3. The van der Waals surface area contributed by atoms with Gasteiger partial charge in [-0.25, -0.2) is 0 Å². The highest BCUT2D eigenvalue weighted by Crippen LogP contribution is 2.44. The van der Waals surface area contributed by atoms with Crippen LogP contribution in [0.3, 0.4) is 0 Å². The number of carboxylic acid groups (broad SMARTS) is 1. The lowest BCUT2D eigenvalue weighted by molar-refractivity contribution is -0.146. The standard InChI is InChI=1S/C28H35ClO5/c1-18(2)22-17-28(5,6)34-24-15-25(23(29)14-21(22)24)33-13-7-12-32-20-10-8-19(9-11-20)16-27(3,4)26(30)31/h8-11,14-15,17-18H,7,12-13,16H2,1-6H3,(H,30,31). The predicted octanol–water partition coefficient (Wildman–Crippen LogP) is 7.05. The summed E-state index contributed by atoms with van der Waals surface area (Å²) in [6.07, 6.45) is 3.31. The first kappa shape index (κ1) is 26.0. The summed E-state index contributed by atoms with van der Waals surface area (Å²) in [4.78, 5) is 11.3. The molecule has 1 heterocycles. The van der Waals surface area contributed by atoms with Crippen LogP contribution >= 0.6 is 11.6 Å². The van der Waals surface area contributed by atoms with Crippen molar-refractivity contribution in [3.05, 3.63) is 58.6 Å². The van der Waals surface area contributed by atoms with Gasteiger partial charge in [-0.15, -0.1) is 0 Å². The van der Waals surface area contributed by atoms with E-state index in [-0.39, 0.29) is 5.60 Å². The number of fused-ring (bicyclic) bond motifs is 1. The van der Waals surface area contributed by atoms with E-state index in [9.17, 15) is 9.90 Å². The molecule has 0 amide bonds. The van der Waals surface area contributed by atoms with Crippen LogP contribution in [0.2, 0.25) is 5.02 Å². The fraction of sp³-hybridized carbons (Fsp3) is 0.464. The molecule has 3 rings (SSSR count). The number of allylic oxidation sites excluding steroid dienone is 1. The quantitative estimate of drug-likeness (QED) is 0.364. The number of halogens is 1. The van der Waals surface area contributed by atoms with Crippen molar-refractivity contribution in [3.63, 3.8) is 0 Å². The maximum Gasteiger partial charge on any atom is 0.309 e. The van der Waals surface area contributed by atoms with E-state index in [2.05, 4.69) is 19.9 Å². The molecule has 0 fully saturated rings. The Bertz CT molecular complexity index is 1050. The first-order valence-corrected chi connectivity index (χ1v) is 12.1. The van der Waals surface area contributed by atoms with Crippen LogP contribution in [0.5, 0.6) is 17.2 Å². The number of benzene rings is 2. The lowest BCUT2D eigenvalue weighted by Crippen LogP contribution is -2.29. The molecule has 0 spiro atoms. The second kappa shape index (κ2) is 10.3. The monoisotopic (exact) mass is 486 g/mol. The third-order valence-electron chi connectivity index (χ3n) is 5.81. The molecule has 0 saturated carbocycles. The molecule has 0 aromatic heterocycles. The summed E-state index contributed by atoms with van der Waals surface area (Å²) >= 11 is 6.52. The summed E-state index contributed by atoms with van der Waals surface area (Å²) in [5.41, 5.74) is 2.03. The van der Waals surface area contributed by atoms with Crippen LogP contribution in [-0.2, 0) is 11.2 Å². The van der Waals surface area contributed by atoms with Crippen molar-refractivity contribution in [2.75, 3.05) is 13.2 Å². The minimum Gasteiger partial charge on any atom is -0.493 e. The molecule has 2 aromatic rings. The molecule has 0 unspecified atom stereocenters. The fourth-order valence-electron chi connectivity index (χ4n) is 3.92. The minimum atomic E-state index is -0.807. The van der Waals surface area contributed by atoms with Gasteiger partial charge in [0.25, 0.3) is 0 Å². The van der Waals surface area contributed by atoms with Gasteiger partial charge in [-0.2, -0.15) is 0 Å². The first-order chi connectivity index (χ1) is 15.9. The van der Waals surface area contributed by atoms with E-state index in [1.54, 1.807) is 13.8 Å². The molecule has 0 atom stereocenters. The molecule has 1 aliphatic rings. The van der Waals surface area contributed by atoms with Gasteiger partial charge in [0.15, 0.2) is 0 Å². The lowest BCUT2D eigenvalue weighted by Gasteiger charge is -2.33. The third kappa shape index (κ3) is 6.47. The predicted molar refractivity (Wildman–Crippen MR) is 136 cm³/mol. The number of carboxylic acids is 1. The van der Waals surface area contributed by atoms with Crippen LogP contribution < -0.4 is 14.2 Å². The normalized spacial score (nSPS) is 14.8. The fourth-order valence-corrected chi connectivity index (χ4v) is 4.14. The zero-order valence-electron chi connectivity index (χ0n) is 20.9. The van der Waals surface area contributed by atoms with Crippen molar-refractivity contribution in [1.29, 1.82) is 0 Å². The van der Waals surface area contributed by atoms with Crippen LogP contribution in [0, 0.1) is 11.3 Å². The Hall–Kier alpha value is -2.66. The van der Waals surface area contributed by atoms with Gasteiger partial charge in [-0.05, 0) is 75.4 Å². The number of hydrogen-bond donors (Lipinski definition) is 1. The number of rotatable bonds is 10. The first-order valence-electron chi connectivity index (χ1n) is 11.7. The Morgan fingerprint density at radius 1 is 1.12 bits per heavy atom. The average molecular weight is 487 g/mol. The van der Waals surface area contributed by atoms with Gasteiger partial charge in [-0.3, -0.25) is 4.79 Å². The Morgan fingerprint density at radius 2 is 1.76 bits per heavy atom. The van der Waals surface area contributed by atoms with Gasteiger partial charge in [-0.1, -0.05) is 37.6 Å². The molecule has 184 valence electrons. The minimum absolute atomic E-state index is 0.361. The summed E-state index contributed by atoms with van der Waals surface area (Å²) in [7, 11) is 0. The zero-order valence-corrected chi connectivity index (χ0v) is 21.7. The molecule has 1 N–H and O–H groups in total. The van der Waals surface area contributed by atoms with Gasteiger partial charge < -0.3 is 19.3 Å². The Morgan fingerprint density at radius 3 is 2.38 bits per heavy atom. The highest BCUT2D eigenvalue weighted by molar-refractivity contribution is 6.32. The van der Waals surface area contributed by atoms with Gasteiger partial charge in [0, 0.05) is 18.1 Å². The Kier molecular flexibility index (Phi) is 7.87. The van der Waals surface area contributed by atoms with Gasteiger partial charge in [0.1, 0.15) is 22.8 Å². The summed E-state index contributed by atoms with van der Waals surface area (Å²) < 4.78 is 17.9. The van der Waals surface area contributed by atoms with E-state index in [0.29, 0.717) is 42.7 Å². The smallest absolute Gasteiger partial charge is 0.309 e. The summed E-state index contributed by atoms with van der Waals surface area (Å²) in [5, 5.41) is 9.85. The van der Waals surface area contributed by atoms with Crippen LogP contribution in [-0.4, -0.2) is 29.9 Å². The van der Waals surface area contributed by atoms with Crippen molar-refractivity contribution in [1.82, 2.24) is 0 Å². The Balaban J connectivity index is 1.52. The summed E-state index contributed by atoms with van der Waals surface area (Å²) in [5.74, 6) is 1.69. The van der Waals surface area contributed by atoms with Gasteiger partial charge in [0.2, 0.25) is 0 Å². The molecule has 6 heteroatoms. The molecular weight excluding hydrogens is 452 g/mol. The SMILES string of the molecule is CC(C)C1=CC(C)(C)Oc2cc(OCCCOc3ccc(CC(C)(C)C(=O)O)cc3)c(Cl)cc21. The van der Waals surface area contributed by atoms with Crippen molar-refractivity contribution in [2.24, 2.45) is 11.3 Å². The molecular formula is C28H35ClO5. The van der Waals surface area contributed by atoms with E-state index in [4.69, 9.17) is 25.8 Å². The number of aliphatic carboxylic acids is 1. The second-order valence-electron chi connectivity index (χ2n) is 10.3. The van der Waals surface area contributed by atoms with E-state index in [0.717, 1.165) is 22.6 Å².